The van der Waals surface area contributed by atoms with Crippen LogP contribution in [-0.4, -0.2) is 12.5 Å². The van der Waals surface area contributed by atoms with Gasteiger partial charge in [0.05, 0.1) is 0 Å². The fourth-order valence-electron chi connectivity index (χ4n) is 2.09. The van der Waals surface area contributed by atoms with Crippen LogP contribution < -0.4 is 10.6 Å². The molecule has 1 amide bonds. The van der Waals surface area contributed by atoms with Gasteiger partial charge in [0, 0.05) is 25.2 Å². The van der Waals surface area contributed by atoms with E-state index < -0.39 is 0 Å². The Labute approximate surface area is 126 Å². The summed E-state index contributed by atoms with van der Waals surface area (Å²) < 4.78 is 0. The third kappa shape index (κ3) is 5.40. The molecule has 0 saturated carbocycles. The Balaban J connectivity index is 1.68. The van der Waals surface area contributed by atoms with Crippen molar-refractivity contribution < 1.29 is 4.79 Å². The molecule has 0 spiro atoms. The molecule has 0 unspecified atom stereocenters. The molecule has 0 fully saturated rings. The Morgan fingerprint density at radius 1 is 1.00 bits per heavy atom. The highest BCUT2D eigenvalue weighted by Gasteiger charge is 2.02. The summed E-state index contributed by atoms with van der Waals surface area (Å²) in [5.41, 5.74) is 4.50. The van der Waals surface area contributed by atoms with E-state index in [0.717, 1.165) is 17.8 Å². The molecule has 0 aliphatic rings. The maximum atomic E-state index is 11.8. The molecule has 2 rings (SSSR count). The number of carbonyl (C=O) groups excluding carboxylic acids is 1. The number of hydrogen-bond acceptors (Lipinski definition) is 2. The summed E-state index contributed by atoms with van der Waals surface area (Å²) in [6.45, 7) is 5.55. The van der Waals surface area contributed by atoms with E-state index in [9.17, 15) is 4.79 Å². The second kappa shape index (κ2) is 7.60. The summed E-state index contributed by atoms with van der Waals surface area (Å²) in [5, 5.41) is 6.20. The van der Waals surface area contributed by atoms with E-state index in [0.29, 0.717) is 13.0 Å². The second-order valence-electron chi connectivity index (χ2n) is 5.33. The fourth-order valence-corrected chi connectivity index (χ4v) is 2.09. The Morgan fingerprint density at radius 3 is 2.48 bits per heavy atom. The number of hydrogen-bond donors (Lipinski definition) is 2. The molecule has 0 aromatic heterocycles. The molecule has 0 aliphatic carbocycles. The van der Waals surface area contributed by atoms with Gasteiger partial charge in [0.15, 0.2) is 0 Å². The molecule has 110 valence electrons. The first-order valence-corrected chi connectivity index (χ1v) is 7.26. The number of anilines is 1. The van der Waals surface area contributed by atoms with Gasteiger partial charge in [-0.05, 0) is 37.1 Å². The van der Waals surface area contributed by atoms with Gasteiger partial charge in [-0.2, -0.15) is 0 Å². The third-order valence-corrected chi connectivity index (χ3v) is 3.28. The Bertz CT molecular complexity index is 590. The highest BCUT2D eigenvalue weighted by Crippen LogP contribution is 2.09. The molecule has 21 heavy (non-hydrogen) atoms. The Morgan fingerprint density at radius 2 is 1.76 bits per heavy atom. The molecular formula is C18H22N2O. The lowest BCUT2D eigenvalue weighted by Gasteiger charge is -2.07. The van der Waals surface area contributed by atoms with Crippen molar-refractivity contribution in [2.24, 2.45) is 0 Å². The van der Waals surface area contributed by atoms with Crippen LogP contribution in [0.25, 0.3) is 0 Å². The van der Waals surface area contributed by atoms with Gasteiger partial charge < -0.3 is 10.6 Å². The summed E-state index contributed by atoms with van der Waals surface area (Å²) >= 11 is 0. The summed E-state index contributed by atoms with van der Waals surface area (Å²) in [7, 11) is 0. The van der Waals surface area contributed by atoms with E-state index in [4.69, 9.17) is 0 Å². The lowest BCUT2D eigenvalue weighted by Crippen LogP contribution is -2.21. The monoisotopic (exact) mass is 282 g/mol. The van der Waals surface area contributed by atoms with Crippen LogP contribution in [0.5, 0.6) is 0 Å². The van der Waals surface area contributed by atoms with Crippen LogP contribution in [0.15, 0.2) is 48.5 Å². The summed E-state index contributed by atoms with van der Waals surface area (Å²) in [6, 6.07) is 16.2. The van der Waals surface area contributed by atoms with Gasteiger partial charge in [0.1, 0.15) is 0 Å². The Hall–Kier alpha value is -2.13. The summed E-state index contributed by atoms with van der Waals surface area (Å²) in [5.74, 6) is 0.0389. The predicted octanol–water partition coefficient (Wildman–Crippen LogP) is 3.42. The van der Waals surface area contributed by atoms with E-state index >= 15 is 0 Å². The van der Waals surface area contributed by atoms with Crippen LogP contribution in [0.4, 0.5) is 5.69 Å². The minimum absolute atomic E-state index is 0.0389. The molecule has 0 bridgehead atoms. The molecule has 3 nitrogen and oxygen atoms in total. The van der Waals surface area contributed by atoms with Gasteiger partial charge in [0.2, 0.25) is 5.91 Å². The van der Waals surface area contributed by atoms with E-state index in [-0.39, 0.29) is 5.91 Å². The maximum Gasteiger partial charge on any atom is 0.225 e. The standard InChI is InChI=1S/C18H22N2O/c1-14-6-8-16(9-7-14)13-19-11-10-18(21)20-17-5-3-4-15(2)12-17/h3-9,12,19H,10-11,13H2,1-2H3,(H,20,21). The minimum Gasteiger partial charge on any atom is -0.326 e. The third-order valence-electron chi connectivity index (χ3n) is 3.28. The maximum absolute atomic E-state index is 11.8. The topological polar surface area (TPSA) is 41.1 Å². The van der Waals surface area contributed by atoms with Crippen molar-refractivity contribution in [3.63, 3.8) is 0 Å². The molecule has 0 atom stereocenters. The molecule has 0 saturated heterocycles. The zero-order chi connectivity index (χ0) is 15.1. The summed E-state index contributed by atoms with van der Waals surface area (Å²) in [4.78, 5) is 11.8. The van der Waals surface area contributed by atoms with E-state index in [1.165, 1.54) is 11.1 Å². The van der Waals surface area contributed by atoms with E-state index in [1.54, 1.807) is 0 Å². The number of nitrogens with one attached hydrogen (secondary N) is 2. The SMILES string of the molecule is Cc1ccc(CNCCC(=O)Nc2cccc(C)c2)cc1. The fraction of sp³-hybridized carbons (Fsp3) is 0.278. The number of rotatable bonds is 6. The van der Waals surface area contributed by atoms with Crippen molar-refractivity contribution in [1.29, 1.82) is 0 Å². The molecule has 3 heteroatoms. The number of benzene rings is 2. The van der Waals surface area contributed by atoms with Gasteiger partial charge >= 0.3 is 0 Å². The van der Waals surface area contributed by atoms with Crippen LogP contribution in [0.3, 0.4) is 0 Å². The van der Waals surface area contributed by atoms with Gasteiger partial charge in [0.25, 0.3) is 0 Å². The van der Waals surface area contributed by atoms with Gasteiger partial charge in [-0.1, -0.05) is 42.0 Å². The van der Waals surface area contributed by atoms with E-state index in [2.05, 4.69) is 41.8 Å². The van der Waals surface area contributed by atoms with E-state index in [1.807, 2.05) is 31.2 Å². The van der Waals surface area contributed by atoms with Crippen LogP contribution in [0.2, 0.25) is 0 Å². The largest absolute Gasteiger partial charge is 0.326 e. The van der Waals surface area contributed by atoms with Crippen LogP contribution in [0, 0.1) is 13.8 Å². The lowest BCUT2D eigenvalue weighted by atomic mass is 10.1. The van der Waals surface area contributed by atoms with Gasteiger partial charge in [-0.25, -0.2) is 0 Å². The average molecular weight is 282 g/mol. The first-order chi connectivity index (χ1) is 10.1. The van der Waals surface area contributed by atoms with Crippen LogP contribution >= 0.6 is 0 Å². The molecule has 2 aromatic rings. The predicted molar refractivity (Wildman–Crippen MR) is 87.3 cm³/mol. The van der Waals surface area contributed by atoms with Crippen molar-refractivity contribution in [1.82, 2.24) is 5.32 Å². The van der Waals surface area contributed by atoms with Crippen molar-refractivity contribution in [3.05, 3.63) is 65.2 Å². The molecular weight excluding hydrogens is 260 g/mol. The normalized spacial score (nSPS) is 10.4. The Kier molecular flexibility index (Phi) is 5.52. The zero-order valence-corrected chi connectivity index (χ0v) is 12.6. The van der Waals surface area contributed by atoms with Gasteiger partial charge in [-0.15, -0.1) is 0 Å². The van der Waals surface area contributed by atoms with Crippen molar-refractivity contribution in [3.8, 4) is 0 Å². The highest BCUT2D eigenvalue weighted by molar-refractivity contribution is 5.90. The highest BCUT2D eigenvalue weighted by atomic mass is 16.1. The minimum atomic E-state index is 0.0389. The average Bonchev–Trinajstić information content (AvgIpc) is 2.45. The smallest absolute Gasteiger partial charge is 0.225 e. The van der Waals surface area contributed by atoms with Crippen molar-refractivity contribution >= 4 is 11.6 Å². The number of carbonyl (C=O) groups is 1. The first kappa shape index (κ1) is 15.3. The number of amides is 1. The van der Waals surface area contributed by atoms with Crippen molar-refractivity contribution in [2.75, 3.05) is 11.9 Å². The quantitative estimate of drug-likeness (QED) is 0.797. The zero-order valence-electron chi connectivity index (χ0n) is 12.6. The molecule has 2 aromatic carbocycles. The summed E-state index contributed by atoms with van der Waals surface area (Å²) in [6.07, 6.45) is 0.472. The molecule has 0 radical (unpaired) electrons. The van der Waals surface area contributed by atoms with Gasteiger partial charge in [-0.3, -0.25) is 4.79 Å². The molecule has 0 heterocycles. The number of aryl methyl sites for hydroxylation is 2. The second-order valence-corrected chi connectivity index (χ2v) is 5.33. The lowest BCUT2D eigenvalue weighted by molar-refractivity contribution is -0.116. The van der Waals surface area contributed by atoms with Crippen LogP contribution in [0.1, 0.15) is 23.1 Å². The molecule has 0 aliphatic heterocycles. The van der Waals surface area contributed by atoms with Crippen molar-refractivity contribution in [2.45, 2.75) is 26.8 Å². The first-order valence-electron chi connectivity index (χ1n) is 7.26. The van der Waals surface area contributed by atoms with Crippen LogP contribution in [-0.2, 0) is 11.3 Å². The molecule has 2 N–H and O–H groups in total.